The molecule has 0 aliphatic rings. The molecule has 2 aromatic carbocycles. The predicted molar refractivity (Wildman–Crippen MR) is 66.9 cm³/mol. The molecule has 19 heavy (non-hydrogen) atoms. The molecule has 2 aromatic rings. The fourth-order valence-electron chi connectivity index (χ4n) is 1.30. The summed E-state index contributed by atoms with van der Waals surface area (Å²) in [5.74, 6) is -0.444. The Kier molecular flexibility index (Phi) is 8.66. The Bertz CT molecular complexity index is 425. The Morgan fingerprint density at radius 1 is 0.947 bits per heavy atom. The molecule has 0 atom stereocenters. The number of hydrogen-bond donors (Lipinski definition) is 2. The third-order valence-electron chi connectivity index (χ3n) is 2.26. The summed E-state index contributed by atoms with van der Waals surface area (Å²) >= 11 is 0. The standard InChI is InChI=1S/2C7H7O2.Fe/c2*8-5-7(9)6-3-1-2-4-6;/h2*1-4,8H,5H2;/q-5;-1;. The summed E-state index contributed by atoms with van der Waals surface area (Å²) in [5, 5.41) is 16.7. The summed E-state index contributed by atoms with van der Waals surface area (Å²) in [6.07, 6.45) is 0. The van der Waals surface area contributed by atoms with Gasteiger partial charge < -0.3 is 49.6 Å². The van der Waals surface area contributed by atoms with E-state index in [1.165, 1.54) is 0 Å². The van der Waals surface area contributed by atoms with Crippen molar-refractivity contribution < 1.29 is 36.9 Å². The smallest absolute Gasteiger partial charge is 0.134 e. The van der Waals surface area contributed by atoms with E-state index in [0.29, 0.717) is 11.1 Å². The van der Waals surface area contributed by atoms with Crippen LogP contribution in [0, 0.1) is 0 Å². The molecule has 0 fully saturated rings. The van der Waals surface area contributed by atoms with Crippen LogP contribution >= 0.6 is 0 Å². The van der Waals surface area contributed by atoms with Crippen LogP contribution in [0.5, 0.6) is 0 Å². The molecule has 0 radical (unpaired) electrons. The monoisotopic (exact) mass is 302 g/mol. The molecule has 5 heteroatoms. The largest absolute Gasteiger partial charge is 0.716 e. The van der Waals surface area contributed by atoms with Gasteiger partial charge in [-0.3, -0.25) is 0 Å². The zero-order valence-corrected chi connectivity index (χ0v) is 11.2. The Labute approximate surface area is 121 Å². The number of hydrogen-bond acceptors (Lipinski definition) is 4. The maximum Gasteiger partial charge on any atom is 0.134 e. The number of carbonyl (C=O) groups is 2. The van der Waals surface area contributed by atoms with Gasteiger partial charge in [-0.1, -0.05) is 5.56 Å². The van der Waals surface area contributed by atoms with Crippen molar-refractivity contribution in [2.45, 2.75) is 0 Å². The quantitative estimate of drug-likeness (QED) is 0.505. The normalized spacial score (nSPS) is 8.95. The van der Waals surface area contributed by atoms with Crippen LogP contribution in [0.1, 0.15) is 20.7 Å². The molecule has 0 saturated carbocycles. The van der Waals surface area contributed by atoms with Gasteiger partial charge in [0.2, 0.25) is 0 Å². The number of Topliss-reactive ketones (excluding diaryl/α,β-unsaturated/α-hetero) is 2. The van der Waals surface area contributed by atoms with Gasteiger partial charge in [0.15, 0.2) is 0 Å². The summed E-state index contributed by atoms with van der Waals surface area (Å²) in [4.78, 5) is 21.2. The first-order chi connectivity index (χ1) is 8.69. The van der Waals surface area contributed by atoms with Crippen LogP contribution < -0.4 is 0 Å². The first kappa shape index (κ1) is 17.5. The topological polar surface area (TPSA) is 74.6 Å². The molecule has 0 bridgehead atoms. The molecule has 2 rings (SSSR count). The van der Waals surface area contributed by atoms with Gasteiger partial charge in [0.05, 0.1) is 6.61 Å². The Balaban J connectivity index is 0.000000324. The van der Waals surface area contributed by atoms with Gasteiger partial charge in [-0.2, -0.15) is 12.1 Å². The Morgan fingerprint density at radius 2 is 1.42 bits per heavy atom. The van der Waals surface area contributed by atoms with Crippen molar-refractivity contribution in [2.75, 3.05) is 13.2 Å². The molecule has 2 N–H and O–H groups in total. The molecule has 0 unspecified atom stereocenters. The first-order valence-electron chi connectivity index (χ1n) is 5.40. The number of rotatable bonds is 4. The van der Waals surface area contributed by atoms with Crippen LogP contribution in [0.4, 0.5) is 0 Å². The van der Waals surface area contributed by atoms with E-state index in [4.69, 9.17) is 10.2 Å². The maximum absolute atomic E-state index is 10.6. The van der Waals surface area contributed by atoms with Crippen LogP contribution in [0.25, 0.3) is 0 Å². The molecule has 0 aliphatic heterocycles. The molecule has 0 aromatic heterocycles. The molecular formula is C14H14FeO4-6. The van der Waals surface area contributed by atoms with Gasteiger partial charge in [0.1, 0.15) is 5.78 Å². The maximum atomic E-state index is 10.6. The summed E-state index contributed by atoms with van der Waals surface area (Å²) in [5.41, 5.74) is 1.16. The molecule has 0 spiro atoms. The SMILES string of the molecule is O=C(CO)[c-]1[cH-][cH-][cH-][cH-]1.O=C(CO)[c-]1cccc1.[Fe]. The van der Waals surface area contributed by atoms with E-state index in [-0.39, 0.29) is 28.6 Å². The number of aliphatic hydroxyl groups is 2. The fraction of sp³-hybridized carbons (Fsp3) is 0.143. The second kappa shape index (κ2) is 9.41. The second-order valence-corrected chi connectivity index (χ2v) is 3.51. The summed E-state index contributed by atoms with van der Waals surface area (Å²) in [7, 11) is 0. The van der Waals surface area contributed by atoms with Gasteiger partial charge in [0.25, 0.3) is 0 Å². The van der Waals surface area contributed by atoms with Gasteiger partial charge in [0, 0.05) is 17.1 Å². The summed E-state index contributed by atoms with van der Waals surface area (Å²) < 4.78 is 0. The van der Waals surface area contributed by atoms with E-state index in [9.17, 15) is 9.59 Å². The Morgan fingerprint density at radius 3 is 1.84 bits per heavy atom. The molecule has 0 amide bonds. The van der Waals surface area contributed by atoms with Crippen molar-refractivity contribution in [3.05, 3.63) is 59.7 Å². The average molecular weight is 302 g/mol. The van der Waals surface area contributed by atoms with E-state index in [2.05, 4.69) is 0 Å². The van der Waals surface area contributed by atoms with Crippen LogP contribution in [0.3, 0.4) is 0 Å². The second-order valence-electron chi connectivity index (χ2n) is 3.51. The van der Waals surface area contributed by atoms with Crippen LogP contribution in [-0.2, 0) is 17.1 Å². The third kappa shape index (κ3) is 5.77. The van der Waals surface area contributed by atoms with Gasteiger partial charge in [-0.25, -0.2) is 17.9 Å². The molecule has 4 nitrogen and oxygen atoms in total. The van der Waals surface area contributed by atoms with E-state index in [0.717, 1.165) is 0 Å². The van der Waals surface area contributed by atoms with Crippen molar-refractivity contribution in [1.29, 1.82) is 0 Å². The minimum Gasteiger partial charge on any atom is -0.716 e. The molecular weight excluding hydrogens is 288 g/mol. The first-order valence-corrected chi connectivity index (χ1v) is 5.40. The number of ketones is 2. The molecule has 0 heterocycles. The summed E-state index contributed by atoms with van der Waals surface area (Å²) in [6.45, 7) is -0.798. The molecule has 0 aliphatic carbocycles. The van der Waals surface area contributed by atoms with Gasteiger partial charge in [-0.15, -0.1) is 0 Å². The zero-order chi connectivity index (χ0) is 13.4. The predicted octanol–water partition coefficient (Wildman–Crippen LogP) is 1.16. The van der Waals surface area contributed by atoms with Crippen LogP contribution in [0.15, 0.2) is 48.5 Å². The minimum atomic E-state index is -0.399. The van der Waals surface area contributed by atoms with E-state index < -0.39 is 13.2 Å². The summed E-state index contributed by atoms with van der Waals surface area (Å²) in [6, 6.07) is 13.8. The van der Waals surface area contributed by atoms with E-state index in [1.54, 1.807) is 48.5 Å². The van der Waals surface area contributed by atoms with Crippen LogP contribution in [-0.4, -0.2) is 35.0 Å². The number of aliphatic hydroxyl groups excluding tert-OH is 2. The average Bonchev–Trinajstić information content (AvgIpc) is 3.09. The fourth-order valence-corrected chi connectivity index (χ4v) is 1.30. The van der Waals surface area contributed by atoms with Crippen molar-refractivity contribution in [3.8, 4) is 0 Å². The van der Waals surface area contributed by atoms with Crippen molar-refractivity contribution >= 4 is 11.6 Å². The van der Waals surface area contributed by atoms with Gasteiger partial charge in [-0.05, 0) is 6.61 Å². The van der Waals surface area contributed by atoms with E-state index in [1.807, 2.05) is 0 Å². The van der Waals surface area contributed by atoms with Crippen molar-refractivity contribution in [2.24, 2.45) is 0 Å². The minimum absolute atomic E-state index is 0. The van der Waals surface area contributed by atoms with Crippen molar-refractivity contribution in [1.82, 2.24) is 0 Å². The van der Waals surface area contributed by atoms with Crippen molar-refractivity contribution in [3.63, 3.8) is 0 Å². The zero-order valence-electron chi connectivity index (χ0n) is 10.1. The number of carbonyl (C=O) groups excluding carboxylic acids is 2. The third-order valence-corrected chi connectivity index (χ3v) is 2.26. The molecule has 108 valence electrons. The van der Waals surface area contributed by atoms with Gasteiger partial charge >= 0.3 is 0 Å². The van der Waals surface area contributed by atoms with Crippen LogP contribution in [0.2, 0.25) is 0 Å². The van der Waals surface area contributed by atoms with E-state index >= 15 is 0 Å². The molecule has 0 saturated heterocycles. The Hall–Kier alpha value is -1.52.